The normalized spacial score (nSPS) is 22.4. The summed E-state index contributed by atoms with van der Waals surface area (Å²) in [6.45, 7) is 3.82. The summed E-state index contributed by atoms with van der Waals surface area (Å²) in [6, 6.07) is 12.9. The van der Waals surface area contributed by atoms with Crippen LogP contribution in [0, 0.1) is 0 Å². The Bertz CT molecular complexity index is 1000. The molecule has 7 nitrogen and oxygen atoms in total. The maximum Gasteiger partial charge on any atom is 0.329 e. The zero-order chi connectivity index (χ0) is 22.1. The van der Waals surface area contributed by atoms with Crippen LogP contribution in [-0.4, -0.2) is 58.0 Å². The number of carbonyl (C=O) groups excluding carboxylic acids is 2. The number of para-hydroxylation sites is 2. The van der Waals surface area contributed by atoms with Crippen molar-refractivity contribution in [1.82, 2.24) is 9.80 Å². The van der Waals surface area contributed by atoms with Gasteiger partial charge >= 0.3 is 12.0 Å². The minimum Gasteiger partial charge on any atom is -0.480 e. The number of carboxylic acid groups (broad SMARTS) is 1. The SMILES string of the molecule is CC[C@@H]1CN(C=O)[C@@H](C(=O)O)[C@H](C)N1C(=O)N1c2ccccc2C=Cc2ccccc21. The lowest BCUT2D eigenvalue weighted by molar-refractivity contribution is -0.152. The fraction of sp³-hybridized carbons (Fsp3) is 0.292. The van der Waals surface area contributed by atoms with Gasteiger partial charge in [0.2, 0.25) is 6.41 Å². The fourth-order valence-electron chi connectivity index (χ4n) is 4.61. The first-order valence-electron chi connectivity index (χ1n) is 10.4. The number of carboxylic acids is 1. The first-order chi connectivity index (χ1) is 15.0. The highest BCUT2D eigenvalue weighted by Crippen LogP contribution is 2.38. The third kappa shape index (κ3) is 3.46. The molecule has 4 rings (SSSR count). The van der Waals surface area contributed by atoms with Gasteiger partial charge < -0.3 is 14.9 Å². The Morgan fingerprint density at radius 1 is 1.03 bits per heavy atom. The molecule has 0 unspecified atom stereocenters. The standard InChI is InChI=1S/C24H25N3O4/c1-3-19-14-25(15-28)22(23(29)30)16(2)26(19)24(31)27-20-10-6-4-8-17(20)12-13-18-9-5-7-11-21(18)27/h4-13,15-16,19,22H,3,14H2,1-2H3,(H,29,30)/t16-,19+,22+/m0/s1. The molecule has 2 heterocycles. The van der Waals surface area contributed by atoms with Crippen LogP contribution in [-0.2, 0) is 9.59 Å². The fourth-order valence-corrected chi connectivity index (χ4v) is 4.61. The molecular weight excluding hydrogens is 394 g/mol. The summed E-state index contributed by atoms with van der Waals surface area (Å²) < 4.78 is 0. The number of hydrogen-bond donors (Lipinski definition) is 1. The molecule has 160 valence electrons. The minimum atomic E-state index is -1.12. The molecule has 0 saturated carbocycles. The molecule has 1 saturated heterocycles. The van der Waals surface area contributed by atoms with E-state index in [1.54, 1.807) is 16.7 Å². The first kappa shape index (κ1) is 20.7. The van der Waals surface area contributed by atoms with Crippen LogP contribution in [0.4, 0.5) is 16.2 Å². The number of urea groups is 1. The van der Waals surface area contributed by atoms with E-state index in [9.17, 15) is 19.5 Å². The van der Waals surface area contributed by atoms with Crippen LogP contribution in [0.1, 0.15) is 31.4 Å². The first-order valence-corrected chi connectivity index (χ1v) is 10.4. The number of anilines is 2. The number of rotatable bonds is 3. The molecule has 0 bridgehead atoms. The zero-order valence-electron chi connectivity index (χ0n) is 17.5. The zero-order valence-corrected chi connectivity index (χ0v) is 17.5. The summed E-state index contributed by atoms with van der Waals surface area (Å²) >= 11 is 0. The van der Waals surface area contributed by atoms with Gasteiger partial charge in [-0.2, -0.15) is 0 Å². The van der Waals surface area contributed by atoms with E-state index >= 15 is 0 Å². The molecule has 0 aliphatic carbocycles. The predicted molar refractivity (Wildman–Crippen MR) is 119 cm³/mol. The predicted octanol–water partition coefficient (Wildman–Crippen LogP) is 3.82. The largest absolute Gasteiger partial charge is 0.480 e. The maximum atomic E-state index is 14.1. The van der Waals surface area contributed by atoms with Gasteiger partial charge in [0.1, 0.15) is 6.04 Å². The lowest BCUT2D eigenvalue weighted by Gasteiger charge is -2.49. The number of amides is 3. The Kier molecular flexibility index (Phi) is 5.50. The van der Waals surface area contributed by atoms with E-state index in [0.717, 1.165) is 22.5 Å². The van der Waals surface area contributed by atoms with Crippen molar-refractivity contribution in [3.8, 4) is 0 Å². The molecule has 0 aromatic heterocycles. The van der Waals surface area contributed by atoms with Gasteiger partial charge in [0.25, 0.3) is 0 Å². The molecule has 7 heteroatoms. The Hall–Kier alpha value is -3.61. The van der Waals surface area contributed by atoms with E-state index in [2.05, 4.69) is 0 Å². The minimum absolute atomic E-state index is 0.183. The van der Waals surface area contributed by atoms with Gasteiger partial charge in [-0.05, 0) is 36.6 Å². The highest BCUT2D eigenvalue weighted by molar-refractivity contribution is 6.06. The molecule has 3 amide bonds. The molecular formula is C24H25N3O4. The highest BCUT2D eigenvalue weighted by atomic mass is 16.4. The second-order valence-electron chi connectivity index (χ2n) is 7.86. The number of carbonyl (C=O) groups is 3. The smallest absolute Gasteiger partial charge is 0.329 e. The maximum absolute atomic E-state index is 14.1. The molecule has 2 aliphatic heterocycles. The number of hydrogen-bond acceptors (Lipinski definition) is 3. The molecule has 2 aromatic rings. The monoisotopic (exact) mass is 419 g/mol. The van der Waals surface area contributed by atoms with E-state index < -0.39 is 18.1 Å². The van der Waals surface area contributed by atoms with E-state index in [-0.39, 0.29) is 18.6 Å². The molecule has 1 N–H and O–H groups in total. The molecule has 1 fully saturated rings. The molecule has 0 radical (unpaired) electrons. The van der Waals surface area contributed by atoms with Crippen molar-refractivity contribution in [1.29, 1.82) is 0 Å². The summed E-state index contributed by atoms with van der Waals surface area (Å²) in [4.78, 5) is 42.2. The van der Waals surface area contributed by atoms with Gasteiger partial charge in [-0.15, -0.1) is 0 Å². The summed E-state index contributed by atoms with van der Waals surface area (Å²) in [6.07, 6.45) is 5.13. The van der Waals surface area contributed by atoms with Crippen LogP contribution >= 0.6 is 0 Å². The summed E-state index contributed by atoms with van der Waals surface area (Å²) in [5.74, 6) is -1.12. The van der Waals surface area contributed by atoms with Crippen LogP contribution in [0.5, 0.6) is 0 Å². The van der Waals surface area contributed by atoms with Gasteiger partial charge in [0.15, 0.2) is 0 Å². The Labute approximate surface area is 181 Å². The third-order valence-electron chi connectivity index (χ3n) is 6.14. The molecule has 31 heavy (non-hydrogen) atoms. The van der Waals surface area contributed by atoms with Crippen molar-refractivity contribution in [2.45, 2.75) is 38.4 Å². The van der Waals surface area contributed by atoms with E-state index in [1.165, 1.54) is 4.90 Å². The Morgan fingerprint density at radius 3 is 2.06 bits per heavy atom. The average molecular weight is 419 g/mol. The number of nitrogens with zero attached hydrogens (tertiary/aromatic N) is 3. The summed E-state index contributed by atoms with van der Waals surface area (Å²) in [7, 11) is 0. The lowest BCUT2D eigenvalue weighted by atomic mass is 9.97. The van der Waals surface area contributed by atoms with Crippen LogP contribution in [0.25, 0.3) is 12.2 Å². The van der Waals surface area contributed by atoms with Gasteiger partial charge in [0, 0.05) is 6.54 Å². The van der Waals surface area contributed by atoms with Crippen molar-refractivity contribution >= 4 is 41.9 Å². The lowest BCUT2D eigenvalue weighted by Crippen LogP contribution is -2.67. The molecule has 2 aliphatic rings. The van der Waals surface area contributed by atoms with Crippen LogP contribution in [0.15, 0.2) is 48.5 Å². The highest BCUT2D eigenvalue weighted by Gasteiger charge is 2.46. The number of piperazine rings is 1. The van der Waals surface area contributed by atoms with Crippen LogP contribution in [0.3, 0.4) is 0 Å². The second kappa shape index (κ2) is 8.26. The van der Waals surface area contributed by atoms with E-state index in [1.807, 2.05) is 67.6 Å². The summed E-state index contributed by atoms with van der Waals surface area (Å²) in [5, 5.41) is 9.78. The topological polar surface area (TPSA) is 81.2 Å². The van der Waals surface area contributed by atoms with Crippen molar-refractivity contribution in [3.63, 3.8) is 0 Å². The Balaban J connectivity index is 1.84. The van der Waals surface area contributed by atoms with Gasteiger partial charge in [-0.3, -0.25) is 9.69 Å². The van der Waals surface area contributed by atoms with Crippen molar-refractivity contribution in [2.24, 2.45) is 0 Å². The molecule has 0 spiro atoms. The van der Waals surface area contributed by atoms with Gasteiger partial charge in [-0.1, -0.05) is 55.5 Å². The Morgan fingerprint density at radius 2 is 1.58 bits per heavy atom. The molecule has 3 atom stereocenters. The molecule has 2 aromatic carbocycles. The number of benzene rings is 2. The van der Waals surface area contributed by atoms with Crippen LogP contribution in [0.2, 0.25) is 0 Å². The van der Waals surface area contributed by atoms with Crippen molar-refractivity contribution in [2.75, 3.05) is 11.4 Å². The van der Waals surface area contributed by atoms with E-state index in [0.29, 0.717) is 12.8 Å². The van der Waals surface area contributed by atoms with Crippen LogP contribution < -0.4 is 4.90 Å². The second-order valence-corrected chi connectivity index (χ2v) is 7.86. The van der Waals surface area contributed by atoms with E-state index in [4.69, 9.17) is 0 Å². The summed E-state index contributed by atoms with van der Waals surface area (Å²) in [5.41, 5.74) is 3.27. The van der Waals surface area contributed by atoms with Gasteiger partial charge in [-0.25, -0.2) is 9.59 Å². The van der Waals surface area contributed by atoms with Crippen molar-refractivity contribution in [3.05, 3.63) is 59.7 Å². The van der Waals surface area contributed by atoms with Crippen molar-refractivity contribution < 1.29 is 19.5 Å². The average Bonchev–Trinajstić information content (AvgIpc) is 2.94. The number of fused-ring (bicyclic) bond motifs is 2. The quantitative estimate of drug-likeness (QED) is 0.767. The number of aliphatic carboxylic acids is 1. The van der Waals surface area contributed by atoms with Gasteiger partial charge in [0.05, 0.1) is 23.5 Å². The third-order valence-corrected chi connectivity index (χ3v) is 6.14.